The molecule has 0 amide bonds. The number of rotatable bonds is 5. The lowest BCUT2D eigenvalue weighted by Gasteiger charge is -2.10. The predicted molar refractivity (Wildman–Crippen MR) is 64.6 cm³/mol. The average Bonchev–Trinajstić information content (AvgIpc) is 2.15. The lowest BCUT2D eigenvalue weighted by Crippen LogP contribution is -2.22. The Kier molecular flexibility index (Phi) is 4.77. The Bertz CT molecular complexity index is 282. The van der Waals surface area contributed by atoms with E-state index in [1.54, 1.807) is 11.8 Å². The predicted octanol–water partition coefficient (Wildman–Crippen LogP) is 3.07. The van der Waals surface area contributed by atoms with Crippen molar-refractivity contribution in [3.63, 3.8) is 0 Å². The van der Waals surface area contributed by atoms with Gasteiger partial charge in [-0.05, 0) is 25.5 Å². The van der Waals surface area contributed by atoms with E-state index in [0.29, 0.717) is 0 Å². The minimum atomic E-state index is 0.220. The molecule has 0 spiro atoms. The van der Waals surface area contributed by atoms with Crippen LogP contribution >= 0.6 is 11.8 Å². The molecule has 0 fully saturated rings. The average molecular weight is 207 g/mol. The van der Waals surface area contributed by atoms with Crippen molar-refractivity contribution < 1.29 is 0 Å². The van der Waals surface area contributed by atoms with Gasteiger partial charge in [-0.2, -0.15) is 0 Å². The number of benzene rings is 1. The number of thioether (sulfide) groups is 1. The van der Waals surface area contributed by atoms with Gasteiger partial charge in [0.25, 0.3) is 0 Å². The first-order valence-corrected chi connectivity index (χ1v) is 5.75. The van der Waals surface area contributed by atoms with E-state index >= 15 is 0 Å². The van der Waals surface area contributed by atoms with E-state index in [2.05, 4.69) is 18.7 Å². The van der Waals surface area contributed by atoms with Gasteiger partial charge in [-0.15, -0.1) is 18.3 Å². The molecule has 0 aromatic heterocycles. The first-order chi connectivity index (χ1) is 6.68. The molecule has 0 saturated heterocycles. The zero-order valence-electron chi connectivity index (χ0n) is 8.57. The second-order valence-corrected chi connectivity index (χ2v) is 4.64. The summed E-state index contributed by atoms with van der Waals surface area (Å²) >= 11 is 1.80. The summed E-state index contributed by atoms with van der Waals surface area (Å²) in [5.41, 5.74) is 7.10. The van der Waals surface area contributed by atoms with Crippen molar-refractivity contribution >= 4 is 11.8 Å². The number of hydrogen-bond donors (Lipinski definition) is 1. The molecule has 0 heterocycles. The Morgan fingerprint density at radius 2 is 2.07 bits per heavy atom. The second-order valence-electron chi connectivity index (χ2n) is 3.55. The third-order valence-corrected chi connectivity index (χ3v) is 3.02. The van der Waals surface area contributed by atoms with Crippen molar-refractivity contribution in [2.24, 2.45) is 5.73 Å². The molecule has 76 valence electrons. The van der Waals surface area contributed by atoms with E-state index in [-0.39, 0.29) is 6.04 Å². The van der Waals surface area contributed by atoms with Gasteiger partial charge in [0.15, 0.2) is 0 Å². The SMILES string of the molecule is C=C(C)CC(N)CSc1ccccc1. The van der Waals surface area contributed by atoms with Gasteiger partial charge in [-0.1, -0.05) is 23.8 Å². The van der Waals surface area contributed by atoms with E-state index in [9.17, 15) is 0 Å². The highest BCUT2D eigenvalue weighted by molar-refractivity contribution is 7.99. The Morgan fingerprint density at radius 1 is 1.43 bits per heavy atom. The van der Waals surface area contributed by atoms with Crippen molar-refractivity contribution in [2.45, 2.75) is 24.3 Å². The van der Waals surface area contributed by atoms with E-state index in [0.717, 1.165) is 17.7 Å². The van der Waals surface area contributed by atoms with Crippen LogP contribution in [-0.4, -0.2) is 11.8 Å². The Morgan fingerprint density at radius 3 is 2.64 bits per heavy atom. The van der Waals surface area contributed by atoms with Crippen LogP contribution in [0.2, 0.25) is 0 Å². The summed E-state index contributed by atoms with van der Waals surface area (Å²) in [4.78, 5) is 1.28. The Hall–Kier alpha value is -0.730. The molecule has 14 heavy (non-hydrogen) atoms. The van der Waals surface area contributed by atoms with Crippen molar-refractivity contribution in [1.82, 2.24) is 0 Å². The van der Waals surface area contributed by atoms with Gasteiger partial charge in [0.2, 0.25) is 0 Å². The maximum absolute atomic E-state index is 5.94. The fourth-order valence-corrected chi connectivity index (χ4v) is 2.10. The third-order valence-electron chi connectivity index (χ3n) is 1.82. The molecule has 1 nitrogen and oxygen atoms in total. The van der Waals surface area contributed by atoms with Gasteiger partial charge in [0.05, 0.1) is 0 Å². The minimum Gasteiger partial charge on any atom is -0.327 e. The topological polar surface area (TPSA) is 26.0 Å². The molecule has 0 aliphatic rings. The second kappa shape index (κ2) is 5.89. The maximum Gasteiger partial charge on any atom is 0.0171 e. The molecule has 0 aliphatic carbocycles. The van der Waals surface area contributed by atoms with Crippen molar-refractivity contribution in [3.05, 3.63) is 42.5 Å². The van der Waals surface area contributed by atoms with Crippen LogP contribution in [0.5, 0.6) is 0 Å². The summed E-state index contributed by atoms with van der Waals surface area (Å²) in [7, 11) is 0. The summed E-state index contributed by atoms with van der Waals surface area (Å²) in [6.07, 6.45) is 0.917. The molecule has 0 aliphatic heterocycles. The number of hydrogen-bond acceptors (Lipinski definition) is 2. The van der Waals surface area contributed by atoms with Crippen LogP contribution in [0.15, 0.2) is 47.4 Å². The zero-order valence-corrected chi connectivity index (χ0v) is 9.39. The van der Waals surface area contributed by atoms with E-state index < -0.39 is 0 Å². The fraction of sp³-hybridized carbons (Fsp3) is 0.333. The van der Waals surface area contributed by atoms with Crippen LogP contribution in [0.25, 0.3) is 0 Å². The molecule has 1 rings (SSSR count). The third kappa shape index (κ3) is 4.49. The molecule has 1 atom stereocenters. The summed E-state index contributed by atoms with van der Waals surface area (Å²) in [5, 5.41) is 0. The minimum absolute atomic E-state index is 0.220. The van der Waals surface area contributed by atoms with Gasteiger partial charge in [-0.3, -0.25) is 0 Å². The van der Waals surface area contributed by atoms with Crippen LogP contribution in [0.4, 0.5) is 0 Å². The van der Waals surface area contributed by atoms with Gasteiger partial charge in [0, 0.05) is 16.7 Å². The van der Waals surface area contributed by atoms with Crippen molar-refractivity contribution in [2.75, 3.05) is 5.75 Å². The lowest BCUT2D eigenvalue weighted by molar-refractivity contribution is 0.743. The van der Waals surface area contributed by atoms with Gasteiger partial charge in [0.1, 0.15) is 0 Å². The van der Waals surface area contributed by atoms with Gasteiger partial charge >= 0.3 is 0 Å². The largest absolute Gasteiger partial charge is 0.327 e. The van der Waals surface area contributed by atoms with Crippen molar-refractivity contribution in [3.8, 4) is 0 Å². The van der Waals surface area contributed by atoms with E-state index in [1.807, 2.05) is 25.1 Å². The summed E-state index contributed by atoms with van der Waals surface area (Å²) in [6.45, 7) is 5.88. The van der Waals surface area contributed by atoms with Crippen LogP contribution < -0.4 is 5.73 Å². The first kappa shape index (κ1) is 11.3. The molecule has 0 radical (unpaired) electrons. The van der Waals surface area contributed by atoms with Crippen LogP contribution in [-0.2, 0) is 0 Å². The molecular weight excluding hydrogens is 190 g/mol. The highest BCUT2D eigenvalue weighted by Gasteiger charge is 2.03. The standard InChI is InChI=1S/C12H17NS/c1-10(2)8-11(13)9-14-12-6-4-3-5-7-12/h3-7,11H,1,8-9,13H2,2H3. The van der Waals surface area contributed by atoms with Gasteiger partial charge < -0.3 is 5.73 Å². The molecule has 1 aromatic rings. The maximum atomic E-state index is 5.94. The number of nitrogens with two attached hydrogens (primary N) is 1. The lowest BCUT2D eigenvalue weighted by atomic mass is 10.1. The molecule has 1 aromatic carbocycles. The van der Waals surface area contributed by atoms with Crippen molar-refractivity contribution in [1.29, 1.82) is 0 Å². The molecule has 2 N–H and O–H groups in total. The summed E-state index contributed by atoms with van der Waals surface area (Å²) in [5.74, 6) is 0.955. The normalized spacial score (nSPS) is 12.4. The monoisotopic (exact) mass is 207 g/mol. The Labute approximate surface area is 90.4 Å². The molecular formula is C12H17NS. The summed E-state index contributed by atoms with van der Waals surface area (Å²) in [6, 6.07) is 10.6. The van der Waals surface area contributed by atoms with Gasteiger partial charge in [-0.25, -0.2) is 0 Å². The highest BCUT2D eigenvalue weighted by Crippen LogP contribution is 2.18. The van der Waals surface area contributed by atoms with Crippen LogP contribution in [0.3, 0.4) is 0 Å². The highest BCUT2D eigenvalue weighted by atomic mass is 32.2. The fourth-order valence-electron chi connectivity index (χ4n) is 1.23. The van der Waals surface area contributed by atoms with E-state index in [4.69, 9.17) is 5.73 Å². The molecule has 0 bridgehead atoms. The van der Waals surface area contributed by atoms with E-state index in [1.165, 1.54) is 4.90 Å². The van der Waals surface area contributed by atoms with Crippen LogP contribution in [0.1, 0.15) is 13.3 Å². The zero-order chi connectivity index (χ0) is 10.4. The smallest absolute Gasteiger partial charge is 0.0171 e. The summed E-state index contributed by atoms with van der Waals surface area (Å²) < 4.78 is 0. The quantitative estimate of drug-likeness (QED) is 0.593. The molecule has 2 heteroatoms. The van der Waals surface area contributed by atoms with Crippen LogP contribution in [0, 0.1) is 0 Å². The first-order valence-electron chi connectivity index (χ1n) is 4.76. The molecule has 0 saturated carbocycles. The molecule has 1 unspecified atom stereocenters. The Balaban J connectivity index is 2.30.